The van der Waals surface area contributed by atoms with Crippen LogP contribution in [-0.2, 0) is 4.79 Å². The molecule has 1 saturated heterocycles. The summed E-state index contributed by atoms with van der Waals surface area (Å²) in [5, 5.41) is 16.4. The maximum absolute atomic E-state index is 13.4. The molecule has 1 unspecified atom stereocenters. The van der Waals surface area contributed by atoms with E-state index in [0.29, 0.717) is 18.5 Å². The predicted octanol–water partition coefficient (Wildman–Crippen LogP) is 1.73. The number of aryl methyl sites for hydroxylation is 1. The smallest absolute Gasteiger partial charge is 0.295 e. The number of anilines is 1. The van der Waals surface area contributed by atoms with Crippen molar-refractivity contribution in [3.05, 3.63) is 33.6 Å². The van der Waals surface area contributed by atoms with E-state index in [1.807, 2.05) is 0 Å². The number of benzene rings is 1. The lowest BCUT2D eigenvalue weighted by Gasteiger charge is -2.23. The molecule has 1 atom stereocenters. The Kier molecular flexibility index (Phi) is 3.64. The molecule has 1 amide bonds. The van der Waals surface area contributed by atoms with Gasteiger partial charge in [-0.2, -0.15) is 0 Å². The molecule has 1 fully saturated rings. The highest BCUT2D eigenvalue weighted by atomic mass is 19.1. The van der Waals surface area contributed by atoms with E-state index >= 15 is 0 Å². The quantitative estimate of drug-likeness (QED) is 0.645. The first kappa shape index (κ1) is 13.3. The average Bonchev–Trinajstić information content (AvgIpc) is 2.36. The van der Waals surface area contributed by atoms with Crippen molar-refractivity contribution >= 4 is 17.3 Å². The van der Waals surface area contributed by atoms with Gasteiger partial charge in [0.05, 0.1) is 11.0 Å². The number of rotatable bonds is 3. The molecule has 1 aromatic rings. The number of nitrogens with one attached hydrogen (secondary N) is 2. The Hall–Kier alpha value is -2.18. The third-order valence-corrected chi connectivity index (χ3v) is 3.09. The normalized spacial score (nSPS) is 18.8. The zero-order valence-corrected chi connectivity index (χ0v) is 10.4. The van der Waals surface area contributed by atoms with E-state index in [4.69, 9.17) is 0 Å². The highest BCUT2D eigenvalue weighted by molar-refractivity contribution is 5.86. The van der Waals surface area contributed by atoms with Gasteiger partial charge in [-0.1, -0.05) is 0 Å². The first-order valence-corrected chi connectivity index (χ1v) is 5.98. The maximum atomic E-state index is 13.4. The molecule has 0 bridgehead atoms. The fourth-order valence-corrected chi connectivity index (χ4v) is 2.04. The number of hydrogen-bond donors (Lipinski definition) is 2. The molecule has 0 spiro atoms. The van der Waals surface area contributed by atoms with Gasteiger partial charge in [-0.3, -0.25) is 14.9 Å². The molecule has 0 saturated carbocycles. The number of nitrogens with zero attached hydrogens (tertiary/aromatic N) is 1. The molecular formula is C12H14FN3O3. The lowest BCUT2D eigenvalue weighted by molar-refractivity contribution is -0.384. The molecule has 19 heavy (non-hydrogen) atoms. The Balaban J connectivity index is 2.30. The SMILES string of the molecule is Cc1cc(NC2CCCNC2=O)c([N+](=O)[O-])cc1F. The van der Waals surface area contributed by atoms with Crippen molar-refractivity contribution in [3.8, 4) is 0 Å². The van der Waals surface area contributed by atoms with E-state index in [1.165, 1.54) is 13.0 Å². The van der Waals surface area contributed by atoms with Crippen LogP contribution in [0.4, 0.5) is 15.8 Å². The predicted molar refractivity (Wildman–Crippen MR) is 67.4 cm³/mol. The lowest BCUT2D eigenvalue weighted by atomic mass is 10.1. The number of hydrogen-bond acceptors (Lipinski definition) is 4. The fraction of sp³-hybridized carbons (Fsp3) is 0.417. The van der Waals surface area contributed by atoms with Crippen LogP contribution in [0.5, 0.6) is 0 Å². The van der Waals surface area contributed by atoms with Gasteiger partial charge < -0.3 is 10.6 Å². The van der Waals surface area contributed by atoms with E-state index in [-0.39, 0.29) is 17.3 Å². The van der Waals surface area contributed by atoms with Crippen LogP contribution in [0.1, 0.15) is 18.4 Å². The number of piperidine rings is 1. The Labute approximate surface area is 109 Å². The minimum atomic E-state index is -0.661. The van der Waals surface area contributed by atoms with E-state index < -0.39 is 16.8 Å². The summed E-state index contributed by atoms with van der Waals surface area (Å²) in [5.41, 5.74) is 0.108. The minimum absolute atomic E-state index is 0.172. The van der Waals surface area contributed by atoms with Crippen molar-refractivity contribution in [2.24, 2.45) is 0 Å². The van der Waals surface area contributed by atoms with Crippen molar-refractivity contribution in [1.29, 1.82) is 0 Å². The zero-order valence-electron chi connectivity index (χ0n) is 10.4. The van der Waals surface area contributed by atoms with Gasteiger partial charge >= 0.3 is 0 Å². The summed E-state index contributed by atoms with van der Waals surface area (Å²) in [7, 11) is 0. The zero-order chi connectivity index (χ0) is 14.0. The van der Waals surface area contributed by atoms with E-state index in [1.54, 1.807) is 0 Å². The second-order valence-electron chi connectivity index (χ2n) is 4.51. The third kappa shape index (κ3) is 2.81. The van der Waals surface area contributed by atoms with Crippen molar-refractivity contribution in [2.45, 2.75) is 25.8 Å². The molecule has 1 aromatic carbocycles. The topological polar surface area (TPSA) is 84.3 Å². The fourth-order valence-electron chi connectivity index (χ4n) is 2.04. The van der Waals surface area contributed by atoms with Crippen LogP contribution in [0.25, 0.3) is 0 Å². The van der Waals surface area contributed by atoms with Gasteiger partial charge in [0.2, 0.25) is 5.91 Å². The van der Waals surface area contributed by atoms with Crippen LogP contribution in [0.15, 0.2) is 12.1 Å². The molecule has 0 aliphatic carbocycles. The van der Waals surface area contributed by atoms with Crippen LogP contribution >= 0.6 is 0 Å². The Morgan fingerprint density at radius 2 is 2.26 bits per heavy atom. The van der Waals surface area contributed by atoms with Gasteiger partial charge in [0.15, 0.2) is 0 Å². The standard InChI is InChI=1S/C12H14FN3O3/c1-7-5-10(11(16(18)19)6-8(7)13)15-9-3-2-4-14-12(9)17/h5-6,9,15H,2-4H2,1H3,(H,14,17). The number of amides is 1. The monoisotopic (exact) mass is 267 g/mol. The third-order valence-electron chi connectivity index (χ3n) is 3.09. The second kappa shape index (κ2) is 5.21. The van der Waals surface area contributed by atoms with Crippen LogP contribution in [0.3, 0.4) is 0 Å². The van der Waals surface area contributed by atoms with Crippen molar-refractivity contribution in [1.82, 2.24) is 5.32 Å². The van der Waals surface area contributed by atoms with Crippen LogP contribution in [0, 0.1) is 22.9 Å². The molecule has 2 rings (SSSR count). The highest BCUT2D eigenvalue weighted by Crippen LogP contribution is 2.28. The van der Waals surface area contributed by atoms with E-state index in [2.05, 4.69) is 10.6 Å². The molecule has 6 nitrogen and oxygen atoms in total. The van der Waals surface area contributed by atoms with Crippen molar-refractivity contribution in [3.63, 3.8) is 0 Å². The first-order valence-electron chi connectivity index (χ1n) is 5.98. The summed E-state index contributed by atoms with van der Waals surface area (Å²) in [6.07, 6.45) is 1.40. The highest BCUT2D eigenvalue weighted by Gasteiger charge is 2.25. The first-order chi connectivity index (χ1) is 8.99. The molecule has 1 aliphatic rings. The summed E-state index contributed by atoms with van der Waals surface area (Å²) in [4.78, 5) is 21.9. The van der Waals surface area contributed by atoms with Gasteiger partial charge in [0.25, 0.3) is 5.69 Å². The summed E-state index contributed by atoms with van der Waals surface area (Å²) < 4.78 is 13.4. The summed E-state index contributed by atoms with van der Waals surface area (Å²) in [5.74, 6) is -0.826. The molecule has 102 valence electrons. The van der Waals surface area contributed by atoms with E-state index in [0.717, 1.165) is 12.5 Å². The molecule has 0 aromatic heterocycles. The minimum Gasteiger partial charge on any atom is -0.368 e. The van der Waals surface area contributed by atoms with Crippen LogP contribution in [-0.4, -0.2) is 23.4 Å². The summed E-state index contributed by atoms with van der Waals surface area (Å²) in [6.45, 7) is 2.13. The molecule has 1 heterocycles. The Morgan fingerprint density at radius 3 is 2.89 bits per heavy atom. The molecule has 2 N–H and O–H groups in total. The Bertz CT molecular complexity index is 533. The number of nitro benzene ring substituents is 1. The van der Waals surface area contributed by atoms with Gasteiger partial charge in [0.1, 0.15) is 17.5 Å². The van der Waals surface area contributed by atoms with Gasteiger partial charge in [-0.15, -0.1) is 0 Å². The maximum Gasteiger partial charge on any atom is 0.295 e. The summed E-state index contributed by atoms with van der Waals surface area (Å²) >= 11 is 0. The number of nitro groups is 1. The molecule has 7 heteroatoms. The lowest BCUT2D eigenvalue weighted by Crippen LogP contribution is -2.44. The Morgan fingerprint density at radius 1 is 1.53 bits per heavy atom. The van der Waals surface area contributed by atoms with Gasteiger partial charge in [-0.25, -0.2) is 4.39 Å². The van der Waals surface area contributed by atoms with Crippen molar-refractivity contribution in [2.75, 3.05) is 11.9 Å². The molecule has 0 radical (unpaired) electrons. The van der Waals surface area contributed by atoms with E-state index in [9.17, 15) is 19.3 Å². The number of carbonyl (C=O) groups is 1. The molecule has 1 aliphatic heterocycles. The van der Waals surface area contributed by atoms with Gasteiger partial charge in [0, 0.05) is 6.54 Å². The summed E-state index contributed by atoms with van der Waals surface area (Å²) in [6, 6.07) is 1.71. The number of carbonyl (C=O) groups excluding carboxylic acids is 1. The van der Waals surface area contributed by atoms with Crippen LogP contribution < -0.4 is 10.6 Å². The second-order valence-corrected chi connectivity index (χ2v) is 4.51. The van der Waals surface area contributed by atoms with Crippen LogP contribution in [0.2, 0.25) is 0 Å². The molecular weight excluding hydrogens is 253 g/mol. The number of halogens is 1. The average molecular weight is 267 g/mol. The van der Waals surface area contributed by atoms with Crippen molar-refractivity contribution < 1.29 is 14.1 Å². The van der Waals surface area contributed by atoms with Gasteiger partial charge in [-0.05, 0) is 31.4 Å². The largest absolute Gasteiger partial charge is 0.368 e.